The molecule has 0 aliphatic rings. The average Bonchev–Trinajstić information content (AvgIpc) is 2.94. The average molecular weight is 303 g/mol. The highest BCUT2D eigenvalue weighted by molar-refractivity contribution is 7.12. The second kappa shape index (κ2) is 7.04. The number of anilines is 1. The number of benzene rings is 1. The number of hydrogen-bond donors (Lipinski definition) is 2. The number of carbonyl (C=O) groups is 2. The molecule has 0 fully saturated rings. The van der Waals surface area contributed by atoms with E-state index in [9.17, 15) is 9.59 Å². The van der Waals surface area contributed by atoms with E-state index >= 15 is 0 Å². The number of amides is 1. The van der Waals surface area contributed by atoms with Crippen molar-refractivity contribution in [2.45, 2.75) is 26.2 Å². The molecule has 0 spiro atoms. The Labute approximate surface area is 127 Å². The second-order valence-electron chi connectivity index (χ2n) is 4.63. The smallest absolute Gasteiger partial charge is 0.303 e. The zero-order valence-electron chi connectivity index (χ0n) is 11.8. The Bertz CT molecular complexity index is 648. The molecule has 2 N–H and O–H groups in total. The summed E-state index contributed by atoms with van der Waals surface area (Å²) < 4.78 is 0. The van der Waals surface area contributed by atoms with Crippen LogP contribution in [0.15, 0.2) is 35.7 Å². The van der Waals surface area contributed by atoms with Gasteiger partial charge in [0.05, 0.1) is 4.88 Å². The van der Waals surface area contributed by atoms with Gasteiger partial charge in [-0.15, -0.1) is 11.3 Å². The van der Waals surface area contributed by atoms with Crippen LogP contribution >= 0.6 is 11.3 Å². The molecule has 0 radical (unpaired) electrons. The van der Waals surface area contributed by atoms with Gasteiger partial charge in [0.1, 0.15) is 0 Å². The van der Waals surface area contributed by atoms with E-state index in [0.717, 1.165) is 17.5 Å². The van der Waals surface area contributed by atoms with E-state index in [0.29, 0.717) is 17.0 Å². The summed E-state index contributed by atoms with van der Waals surface area (Å²) in [6, 6.07) is 9.27. The number of aliphatic carboxylic acids is 1. The van der Waals surface area contributed by atoms with E-state index in [4.69, 9.17) is 5.11 Å². The Balaban J connectivity index is 2.15. The summed E-state index contributed by atoms with van der Waals surface area (Å²) in [6.07, 6.45) is 1.26. The van der Waals surface area contributed by atoms with Crippen molar-refractivity contribution < 1.29 is 14.7 Å². The Hall–Kier alpha value is -2.14. The third-order valence-corrected chi connectivity index (χ3v) is 4.16. The van der Waals surface area contributed by atoms with Gasteiger partial charge in [0.15, 0.2) is 0 Å². The molecule has 0 aliphatic heterocycles. The van der Waals surface area contributed by atoms with Crippen LogP contribution in [0.1, 0.15) is 34.1 Å². The van der Waals surface area contributed by atoms with E-state index in [1.165, 1.54) is 11.3 Å². The molecule has 0 unspecified atom stereocenters. The predicted octanol–water partition coefficient (Wildman–Crippen LogP) is 3.58. The summed E-state index contributed by atoms with van der Waals surface area (Å²) in [5, 5.41) is 13.6. The lowest BCUT2D eigenvalue weighted by atomic mass is 10.1. The van der Waals surface area contributed by atoms with Crippen LogP contribution in [0.3, 0.4) is 0 Å². The topological polar surface area (TPSA) is 66.4 Å². The number of aryl methyl sites for hydroxylation is 2. The number of carbonyl (C=O) groups excluding carboxylic acids is 1. The van der Waals surface area contributed by atoms with Crippen molar-refractivity contribution in [3.63, 3.8) is 0 Å². The SMILES string of the molecule is CCc1ccsc1C(=O)Nc1ccccc1CCC(=O)O. The largest absolute Gasteiger partial charge is 0.481 e. The van der Waals surface area contributed by atoms with Gasteiger partial charge in [-0.2, -0.15) is 0 Å². The monoisotopic (exact) mass is 303 g/mol. The Morgan fingerprint density at radius 1 is 1.19 bits per heavy atom. The molecule has 4 nitrogen and oxygen atoms in total. The van der Waals surface area contributed by atoms with E-state index in [1.54, 1.807) is 6.07 Å². The van der Waals surface area contributed by atoms with E-state index in [-0.39, 0.29) is 12.3 Å². The molecule has 0 atom stereocenters. The van der Waals surface area contributed by atoms with E-state index in [2.05, 4.69) is 5.32 Å². The number of hydrogen-bond acceptors (Lipinski definition) is 3. The van der Waals surface area contributed by atoms with Gasteiger partial charge < -0.3 is 10.4 Å². The molecule has 1 aromatic heterocycles. The molecule has 0 saturated carbocycles. The molecule has 1 heterocycles. The van der Waals surface area contributed by atoms with Crippen LogP contribution in [0.2, 0.25) is 0 Å². The van der Waals surface area contributed by atoms with E-state index in [1.807, 2.05) is 36.6 Å². The lowest BCUT2D eigenvalue weighted by molar-refractivity contribution is -0.136. The van der Waals surface area contributed by atoms with Crippen LogP contribution < -0.4 is 5.32 Å². The van der Waals surface area contributed by atoms with Crippen LogP contribution in [0.5, 0.6) is 0 Å². The number of rotatable bonds is 6. The lowest BCUT2D eigenvalue weighted by Gasteiger charge is -2.10. The van der Waals surface area contributed by atoms with Crippen molar-refractivity contribution in [2.24, 2.45) is 0 Å². The van der Waals surface area contributed by atoms with Gasteiger partial charge in [0, 0.05) is 12.1 Å². The van der Waals surface area contributed by atoms with Crippen molar-refractivity contribution in [3.8, 4) is 0 Å². The first-order valence-electron chi connectivity index (χ1n) is 6.79. The molecule has 1 aromatic carbocycles. The van der Waals surface area contributed by atoms with Crippen molar-refractivity contribution >= 4 is 28.9 Å². The van der Waals surface area contributed by atoms with Crippen LogP contribution in [-0.2, 0) is 17.6 Å². The summed E-state index contributed by atoms with van der Waals surface area (Å²) >= 11 is 1.42. The maximum atomic E-state index is 12.3. The van der Waals surface area contributed by atoms with Crippen molar-refractivity contribution in [1.82, 2.24) is 0 Å². The van der Waals surface area contributed by atoms with Gasteiger partial charge in [-0.1, -0.05) is 25.1 Å². The minimum absolute atomic E-state index is 0.0477. The molecule has 1 amide bonds. The minimum Gasteiger partial charge on any atom is -0.481 e. The zero-order valence-corrected chi connectivity index (χ0v) is 12.6. The zero-order chi connectivity index (χ0) is 15.2. The Morgan fingerprint density at radius 3 is 2.67 bits per heavy atom. The van der Waals surface area contributed by atoms with E-state index < -0.39 is 5.97 Å². The highest BCUT2D eigenvalue weighted by Crippen LogP contribution is 2.22. The molecule has 0 bridgehead atoms. The summed E-state index contributed by atoms with van der Waals surface area (Å²) in [5.74, 6) is -0.979. The first kappa shape index (κ1) is 15.3. The molecule has 2 aromatic rings. The number of para-hydroxylation sites is 1. The second-order valence-corrected chi connectivity index (χ2v) is 5.55. The van der Waals surface area contributed by atoms with Crippen molar-refractivity contribution in [2.75, 3.05) is 5.32 Å². The van der Waals surface area contributed by atoms with Crippen LogP contribution in [-0.4, -0.2) is 17.0 Å². The third kappa shape index (κ3) is 3.92. The van der Waals surface area contributed by atoms with Crippen molar-refractivity contribution in [1.29, 1.82) is 0 Å². The molecule has 110 valence electrons. The van der Waals surface area contributed by atoms with Gasteiger partial charge in [-0.3, -0.25) is 9.59 Å². The number of thiophene rings is 1. The lowest BCUT2D eigenvalue weighted by Crippen LogP contribution is -2.13. The van der Waals surface area contributed by atoms with Crippen molar-refractivity contribution in [3.05, 3.63) is 51.7 Å². The number of nitrogens with one attached hydrogen (secondary N) is 1. The maximum absolute atomic E-state index is 12.3. The summed E-state index contributed by atoms with van der Waals surface area (Å²) in [7, 11) is 0. The first-order chi connectivity index (χ1) is 10.1. The van der Waals surface area contributed by atoms with Crippen LogP contribution in [0, 0.1) is 0 Å². The van der Waals surface area contributed by atoms with Crippen LogP contribution in [0.4, 0.5) is 5.69 Å². The molecule has 21 heavy (non-hydrogen) atoms. The molecular weight excluding hydrogens is 286 g/mol. The number of carboxylic acid groups (broad SMARTS) is 1. The first-order valence-corrected chi connectivity index (χ1v) is 7.67. The fraction of sp³-hybridized carbons (Fsp3) is 0.250. The summed E-state index contributed by atoms with van der Waals surface area (Å²) in [5.41, 5.74) is 2.54. The fourth-order valence-corrected chi connectivity index (χ4v) is 2.98. The third-order valence-electron chi connectivity index (χ3n) is 3.21. The minimum atomic E-state index is -0.845. The summed E-state index contributed by atoms with van der Waals surface area (Å²) in [4.78, 5) is 23.7. The summed E-state index contributed by atoms with van der Waals surface area (Å²) in [6.45, 7) is 2.01. The van der Waals surface area contributed by atoms with Crippen LogP contribution in [0.25, 0.3) is 0 Å². The highest BCUT2D eigenvalue weighted by atomic mass is 32.1. The molecule has 2 rings (SSSR count). The Kier molecular flexibility index (Phi) is 5.11. The maximum Gasteiger partial charge on any atom is 0.303 e. The standard InChI is InChI=1S/C16H17NO3S/c1-2-11-9-10-21-15(11)16(20)17-13-6-4-3-5-12(13)7-8-14(18)19/h3-6,9-10H,2,7-8H2,1H3,(H,17,20)(H,18,19). The fourth-order valence-electron chi connectivity index (χ4n) is 2.09. The van der Waals surface area contributed by atoms with Gasteiger partial charge in [-0.25, -0.2) is 0 Å². The van der Waals surface area contributed by atoms with Gasteiger partial charge in [0.25, 0.3) is 5.91 Å². The normalized spacial score (nSPS) is 10.3. The molecular formula is C16H17NO3S. The highest BCUT2D eigenvalue weighted by Gasteiger charge is 2.14. The Morgan fingerprint density at radius 2 is 1.95 bits per heavy atom. The van der Waals surface area contributed by atoms with Gasteiger partial charge >= 0.3 is 5.97 Å². The quantitative estimate of drug-likeness (QED) is 0.857. The van der Waals surface area contributed by atoms with Gasteiger partial charge in [-0.05, 0) is 41.5 Å². The molecule has 0 aliphatic carbocycles. The number of carboxylic acids is 1. The molecule has 5 heteroatoms. The predicted molar refractivity (Wildman–Crippen MR) is 84.0 cm³/mol. The molecule has 0 saturated heterocycles. The van der Waals surface area contributed by atoms with Gasteiger partial charge in [0.2, 0.25) is 0 Å².